The van der Waals surface area contributed by atoms with Crippen LogP contribution in [0.3, 0.4) is 0 Å². The van der Waals surface area contributed by atoms with Crippen LogP contribution in [0.1, 0.15) is 41.0 Å². The number of rotatable bonds is 4. The minimum atomic E-state index is -0.438. The first-order valence-corrected chi connectivity index (χ1v) is 10.7. The second-order valence-electron chi connectivity index (χ2n) is 7.40. The first kappa shape index (κ1) is 19.4. The summed E-state index contributed by atoms with van der Waals surface area (Å²) in [5, 5.41) is 11.2. The number of piperidine rings is 1. The van der Waals surface area contributed by atoms with E-state index in [4.69, 9.17) is 0 Å². The number of hydrogen-bond acceptors (Lipinski definition) is 4. The average molecular weight is 409 g/mol. The van der Waals surface area contributed by atoms with Crippen molar-refractivity contribution in [3.63, 3.8) is 0 Å². The second-order valence-corrected chi connectivity index (χ2v) is 8.18. The summed E-state index contributed by atoms with van der Waals surface area (Å²) in [7, 11) is 0. The van der Waals surface area contributed by atoms with Crippen LogP contribution in [0, 0.1) is 13.8 Å². The summed E-state index contributed by atoms with van der Waals surface area (Å²) in [6, 6.07) is 11.0. The van der Waals surface area contributed by atoms with Crippen molar-refractivity contribution in [2.45, 2.75) is 39.2 Å². The van der Waals surface area contributed by atoms with Crippen LogP contribution in [0.2, 0.25) is 0 Å². The molecule has 3 heterocycles. The monoisotopic (exact) mass is 408 g/mol. The highest BCUT2D eigenvalue weighted by Gasteiger charge is 2.32. The van der Waals surface area contributed by atoms with Crippen molar-refractivity contribution in [1.82, 2.24) is 14.7 Å². The number of aromatic nitrogens is 2. The van der Waals surface area contributed by atoms with Gasteiger partial charge < -0.3 is 10.2 Å². The van der Waals surface area contributed by atoms with Crippen molar-refractivity contribution in [3.05, 3.63) is 64.1 Å². The molecule has 1 saturated heterocycles. The molecule has 0 aliphatic carbocycles. The zero-order valence-corrected chi connectivity index (χ0v) is 17.4. The lowest BCUT2D eigenvalue weighted by atomic mass is 10.0. The third-order valence-electron chi connectivity index (χ3n) is 5.22. The third kappa shape index (κ3) is 4.10. The molecule has 0 spiro atoms. The Labute approximate surface area is 174 Å². The van der Waals surface area contributed by atoms with E-state index in [1.165, 1.54) is 11.3 Å². The van der Waals surface area contributed by atoms with Crippen LogP contribution in [-0.2, 0) is 4.79 Å². The van der Waals surface area contributed by atoms with Gasteiger partial charge in [-0.25, -0.2) is 4.68 Å². The Morgan fingerprint density at radius 3 is 2.59 bits per heavy atom. The summed E-state index contributed by atoms with van der Waals surface area (Å²) in [6.45, 7) is 4.59. The van der Waals surface area contributed by atoms with Crippen molar-refractivity contribution < 1.29 is 9.59 Å². The van der Waals surface area contributed by atoms with Gasteiger partial charge in [-0.2, -0.15) is 16.4 Å². The van der Waals surface area contributed by atoms with Crippen LogP contribution in [0.5, 0.6) is 0 Å². The zero-order chi connectivity index (χ0) is 20.4. The van der Waals surface area contributed by atoms with E-state index in [9.17, 15) is 9.59 Å². The number of carbonyl (C=O) groups is 2. The minimum absolute atomic E-state index is 0.0639. The second kappa shape index (κ2) is 8.21. The molecule has 4 rings (SSSR count). The summed E-state index contributed by atoms with van der Waals surface area (Å²) in [4.78, 5) is 27.5. The summed E-state index contributed by atoms with van der Waals surface area (Å²) in [6.07, 6.45) is 2.56. The highest BCUT2D eigenvalue weighted by atomic mass is 32.1. The molecule has 29 heavy (non-hydrogen) atoms. The molecule has 0 saturated carbocycles. The van der Waals surface area contributed by atoms with E-state index in [1.54, 1.807) is 4.90 Å². The van der Waals surface area contributed by atoms with Gasteiger partial charge in [-0.05, 0) is 74.9 Å². The molecule has 1 aliphatic heterocycles. The number of aryl methyl sites for hydroxylation is 2. The number of nitrogens with zero attached hydrogens (tertiary/aromatic N) is 3. The highest BCUT2D eigenvalue weighted by Crippen LogP contribution is 2.23. The Hall–Kier alpha value is -2.93. The maximum atomic E-state index is 12.9. The van der Waals surface area contributed by atoms with E-state index >= 15 is 0 Å². The van der Waals surface area contributed by atoms with Crippen molar-refractivity contribution in [1.29, 1.82) is 0 Å². The van der Waals surface area contributed by atoms with E-state index in [0.29, 0.717) is 24.2 Å². The van der Waals surface area contributed by atoms with Crippen LogP contribution in [0.4, 0.5) is 5.69 Å². The van der Waals surface area contributed by atoms with Gasteiger partial charge in [-0.15, -0.1) is 0 Å². The van der Waals surface area contributed by atoms with Gasteiger partial charge in [0.2, 0.25) is 5.91 Å². The Morgan fingerprint density at radius 1 is 1.14 bits per heavy atom. The first-order chi connectivity index (χ1) is 14.0. The summed E-state index contributed by atoms with van der Waals surface area (Å²) in [5.74, 6) is -0.196. The number of thiophene rings is 1. The Balaban J connectivity index is 1.47. The summed E-state index contributed by atoms with van der Waals surface area (Å²) in [5.41, 5.74) is 4.34. The van der Waals surface area contributed by atoms with Gasteiger partial charge in [0.05, 0.1) is 16.9 Å². The average Bonchev–Trinajstić information content (AvgIpc) is 3.37. The Morgan fingerprint density at radius 2 is 1.93 bits per heavy atom. The van der Waals surface area contributed by atoms with Crippen LogP contribution < -0.4 is 5.32 Å². The molecule has 2 amide bonds. The number of likely N-dealkylation sites (tertiary alicyclic amines) is 1. The van der Waals surface area contributed by atoms with Gasteiger partial charge in [-0.1, -0.05) is 0 Å². The molecule has 0 bridgehead atoms. The molecular weight excluding hydrogens is 384 g/mol. The maximum Gasteiger partial charge on any atom is 0.255 e. The van der Waals surface area contributed by atoms with Crippen molar-refractivity contribution in [3.8, 4) is 5.69 Å². The van der Waals surface area contributed by atoms with Gasteiger partial charge in [0.25, 0.3) is 5.91 Å². The van der Waals surface area contributed by atoms with Crippen LogP contribution >= 0.6 is 11.3 Å². The van der Waals surface area contributed by atoms with Crippen molar-refractivity contribution in [2.75, 3.05) is 11.9 Å². The Bertz CT molecular complexity index is 1010. The molecule has 0 radical (unpaired) electrons. The molecule has 7 heteroatoms. The van der Waals surface area contributed by atoms with Crippen molar-refractivity contribution >= 4 is 28.8 Å². The standard InChI is InChI=1S/C22H24N4O2S/c1-15-13-16(2)26(24-15)19-8-6-18(7-9-19)23-21(27)20-5-3-4-11-25(20)22(28)17-10-12-29-14-17/h6-10,12-14,20H,3-5,11H2,1-2H3,(H,23,27). The molecule has 1 atom stereocenters. The molecule has 1 aliphatic rings. The fourth-order valence-corrected chi connectivity index (χ4v) is 4.43. The number of nitrogens with one attached hydrogen (secondary N) is 1. The number of hydrogen-bond donors (Lipinski definition) is 1. The van der Waals surface area contributed by atoms with Crippen LogP contribution in [-0.4, -0.2) is 39.1 Å². The van der Waals surface area contributed by atoms with Crippen LogP contribution in [0.15, 0.2) is 47.2 Å². The molecule has 1 aromatic carbocycles. The first-order valence-electron chi connectivity index (χ1n) is 9.80. The zero-order valence-electron chi connectivity index (χ0n) is 16.6. The van der Waals surface area contributed by atoms with Gasteiger partial charge in [0.1, 0.15) is 6.04 Å². The molecular formula is C22H24N4O2S. The quantitative estimate of drug-likeness (QED) is 0.704. The minimum Gasteiger partial charge on any atom is -0.327 e. The molecule has 1 unspecified atom stereocenters. The van der Waals surface area contributed by atoms with E-state index in [0.717, 1.165) is 29.9 Å². The van der Waals surface area contributed by atoms with Gasteiger partial charge in [0, 0.05) is 23.3 Å². The fraction of sp³-hybridized carbons (Fsp3) is 0.318. The molecule has 1 fully saturated rings. The smallest absolute Gasteiger partial charge is 0.255 e. The van der Waals surface area contributed by atoms with E-state index in [-0.39, 0.29) is 11.8 Å². The number of carbonyl (C=O) groups excluding carboxylic acids is 2. The Kier molecular flexibility index (Phi) is 5.49. The molecule has 6 nitrogen and oxygen atoms in total. The van der Waals surface area contributed by atoms with Gasteiger partial charge in [0.15, 0.2) is 0 Å². The molecule has 150 valence electrons. The lowest BCUT2D eigenvalue weighted by Gasteiger charge is -2.34. The normalized spacial score (nSPS) is 16.6. The van der Waals surface area contributed by atoms with Gasteiger partial charge in [-0.3, -0.25) is 9.59 Å². The van der Waals surface area contributed by atoms with E-state index in [2.05, 4.69) is 10.4 Å². The lowest BCUT2D eigenvalue weighted by Crippen LogP contribution is -2.49. The highest BCUT2D eigenvalue weighted by molar-refractivity contribution is 7.08. The van der Waals surface area contributed by atoms with E-state index in [1.807, 2.05) is 65.7 Å². The molecule has 2 aromatic heterocycles. The number of benzene rings is 1. The third-order valence-corrected chi connectivity index (χ3v) is 5.91. The number of anilines is 1. The largest absolute Gasteiger partial charge is 0.327 e. The van der Waals surface area contributed by atoms with Crippen molar-refractivity contribution in [2.24, 2.45) is 0 Å². The summed E-state index contributed by atoms with van der Waals surface area (Å²) < 4.78 is 1.88. The predicted octanol–water partition coefficient (Wildman–Crippen LogP) is 4.18. The van der Waals surface area contributed by atoms with Gasteiger partial charge >= 0.3 is 0 Å². The fourth-order valence-electron chi connectivity index (χ4n) is 3.80. The molecule has 1 N–H and O–H groups in total. The molecule has 3 aromatic rings. The predicted molar refractivity (Wildman–Crippen MR) is 115 cm³/mol. The SMILES string of the molecule is Cc1cc(C)n(-c2ccc(NC(=O)C3CCCCN3C(=O)c3ccsc3)cc2)n1. The summed E-state index contributed by atoms with van der Waals surface area (Å²) >= 11 is 1.49. The van der Waals surface area contributed by atoms with E-state index < -0.39 is 6.04 Å². The maximum absolute atomic E-state index is 12.9. The topological polar surface area (TPSA) is 67.2 Å². The van der Waals surface area contributed by atoms with Crippen LogP contribution in [0.25, 0.3) is 5.69 Å². The lowest BCUT2D eigenvalue weighted by molar-refractivity contribution is -0.121. The number of amides is 2.